The lowest BCUT2D eigenvalue weighted by Gasteiger charge is -2.34. The molecule has 2 N–H and O–H groups in total. The van der Waals surface area contributed by atoms with E-state index in [1.807, 2.05) is 12.1 Å². The molecule has 2 aliphatic rings. The highest BCUT2D eigenvalue weighted by Crippen LogP contribution is 2.29. The zero-order valence-electron chi connectivity index (χ0n) is 15.1. The zero-order chi connectivity index (χ0) is 17.9. The number of rotatable bonds is 4. The van der Waals surface area contributed by atoms with Gasteiger partial charge in [-0.15, -0.1) is 10.2 Å². The van der Waals surface area contributed by atoms with Gasteiger partial charge in [0.2, 0.25) is 11.0 Å². The van der Waals surface area contributed by atoms with E-state index < -0.39 is 0 Å². The molecule has 7 heteroatoms. The lowest BCUT2D eigenvalue weighted by atomic mass is 10.0. The number of carbonyl (C=O) groups is 1. The molecule has 138 valence electrons. The molecule has 1 aromatic carbocycles. The number of likely N-dealkylation sites (tertiary alicyclic amines) is 1. The first-order valence-electron chi connectivity index (χ1n) is 9.38. The molecule has 0 saturated carbocycles. The van der Waals surface area contributed by atoms with E-state index >= 15 is 0 Å². The molecule has 1 atom stereocenters. The maximum atomic E-state index is 12.8. The number of anilines is 1. The van der Waals surface area contributed by atoms with Gasteiger partial charge in [-0.1, -0.05) is 41.2 Å². The Labute approximate surface area is 158 Å². The fraction of sp³-hybridized carbons (Fsp3) is 0.526. The second-order valence-electron chi connectivity index (χ2n) is 7.14. The molecule has 1 aromatic heterocycles. The molecule has 0 spiro atoms. The van der Waals surface area contributed by atoms with Gasteiger partial charge in [0.1, 0.15) is 5.01 Å². The molecule has 0 unspecified atom stereocenters. The van der Waals surface area contributed by atoms with Gasteiger partial charge in [0.05, 0.1) is 6.04 Å². The van der Waals surface area contributed by atoms with Crippen LogP contribution in [0.5, 0.6) is 0 Å². The monoisotopic (exact) mass is 371 g/mol. The van der Waals surface area contributed by atoms with Crippen LogP contribution in [0.15, 0.2) is 24.3 Å². The highest BCUT2D eigenvalue weighted by Gasteiger charge is 2.36. The summed E-state index contributed by atoms with van der Waals surface area (Å²) in [6, 6.07) is 8.68. The fourth-order valence-corrected chi connectivity index (χ4v) is 4.67. The molecule has 2 saturated heterocycles. The average molecular weight is 372 g/mol. The van der Waals surface area contributed by atoms with Gasteiger partial charge in [-0.05, 0) is 52.2 Å². The van der Waals surface area contributed by atoms with Gasteiger partial charge in [-0.2, -0.15) is 0 Å². The van der Waals surface area contributed by atoms with Crippen molar-refractivity contribution in [1.29, 1.82) is 0 Å². The molecule has 0 aliphatic carbocycles. The molecule has 26 heavy (non-hydrogen) atoms. The van der Waals surface area contributed by atoms with E-state index in [0.717, 1.165) is 55.9 Å². The lowest BCUT2D eigenvalue weighted by molar-refractivity contribution is -0.121. The van der Waals surface area contributed by atoms with E-state index in [1.54, 1.807) is 0 Å². The molecule has 2 aliphatic heterocycles. The summed E-state index contributed by atoms with van der Waals surface area (Å²) in [5, 5.41) is 16.2. The normalized spacial score (nSPS) is 21.8. The van der Waals surface area contributed by atoms with Gasteiger partial charge in [-0.3, -0.25) is 15.0 Å². The largest absolute Gasteiger partial charge is 0.317 e. The number of aryl methyl sites for hydroxylation is 1. The van der Waals surface area contributed by atoms with Crippen LogP contribution in [0.25, 0.3) is 10.6 Å². The summed E-state index contributed by atoms with van der Waals surface area (Å²) in [6.45, 7) is 5.18. The van der Waals surface area contributed by atoms with Crippen molar-refractivity contribution < 1.29 is 4.79 Å². The van der Waals surface area contributed by atoms with E-state index in [9.17, 15) is 4.79 Å². The second-order valence-corrected chi connectivity index (χ2v) is 8.12. The Balaban J connectivity index is 1.42. The molecule has 3 heterocycles. The Kier molecular flexibility index (Phi) is 5.28. The highest BCUT2D eigenvalue weighted by molar-refractivity contribution is 7.18. The Hall–Kier alpha value is -1.83. The van der Waals surface area contributed by atoms with Crippen LogP contribution in [0.3, 0.4) is 0 Å². The molecule has 4 rings (SSSR count). The van der Waals surface area contributed by atoms with Crippen LogP contribution in [0.1, 0.15) is 31.2 Å². The van der Waals surface area contributed by atoms with Gasteiger partial charge < -0.3 is 5.32 Å². The summed E-state index contributed by atoms with van der Waals surface area (Å²) < 4.78 is 0. The molecule has 1 amide bonds. The Bertz CT molecular complexity index is 754. The van der Waals surface area contributed by atoms with E-state index in [1.165, 1.54) is 16.9 Å². The molecular formula is C19H25N5OS. The third-order valence-electron chi connectivity index (χ3n) is 5.33. The number of piperidine rings is 1. The predicted octanol–water partition coefficient (Wildman–Crippen LogP) is 2.67. The Morgan fingerprint density at radius 1 is 1.19 bits per heavy atom. The van der Waals surface area contributed by atoms with E-state index in [0.29, 0.717) is 11.2 Å². The number of hydrogen-bond donors (Lipinski definition) is 2. The van der Waals surface area contributed by atoms with Crippen LogP contribution >= 0.6 is 11.3 Å². The van der Waals surface area contributed by atoms with Crippen molar-refractivity contribution in [1.82, 2.24) is 20.4 Å². The number of aromatic nitrogens is 2. The van der Waals surface area contributed by atoms with Crippen LogP contribution < -0.4 is 10.6 Å². The molecule has 6 nitrogen and oxygen atoms in total. The van der Waals surface area contributed by atoms with Crippen molar-refractivity contribution in [2.75, 3.05) is 25.0 Å². The Morgan fingerprint density at radius 2 is 1.96 bits per heavy atom. The van der Waals surface area contributed by atoms with Gasteiger partial charge in [0, 0.05) is 11.6 Å². The topological polar surface area (TPSA) is 70.2 Å². The first-order valence-corrected chi connectivity index (χ1v) is 10.2. The van der Waals surface area contributed by atoms with Crippen molar-refractivity contribution in [2.24, 2.45) is 0 Å². The first-order chi connectivity index (χ1) is 12.7. The van der Waals surface area contributed by atoms with Crippen molar-refractivity contribution in [2.45, 2.75) is 44.7 Å². The SMILES string of the molecule is Cc1ccc(-c2nnc(NC(=O)[C@@H]3CCCN3C3CCNCC3)s2)cc1. The van der Waals surface area contributed by atoms with Gasteiger partial charge in [0.25, 0.3) is 0 Å². The smallest absolute Gasteiger partial charge is 0.243 e. The van der Waals surface area contributed by atoms with Crippen LogP contribution in [-0.2, 0) is 4.79 Å². The van der Waals surface area contributed by atoms with Gasteiger partial charge >= 0.3 is 0 Å². The van der Waals surface area contributed by atoms with Crippen LogP contribution in [0.2, 0.25) is 0 Å². The van der Waals surface area contributed by atoms with Crippen molar-refractivity contribution in [3.05, 3.63) is 29.8 Å². The highest BCUT2D eigenvalue weighted by atomic mass is 32.1. The van der Waals surface area contributed by atoms with Crippen molar-refractivity contribution in [3.63, 3.8) is 0 Å². The molecule has 0 bridgehead atoms. The molecule has 2 aromatic rings. The first kappa shape index (κ1) is 17.6. The average Bonchev–Trinajstić information content (AvgIpc) is 3.32. The van der Waals surface area contributed by atoms with Crippen LogP contribution in [0, 0.1) is 6.92 Å². The number of hydrogen-bond acceptors (Lipinski definition) is 6. The Morgan fingerprint density at radius 3 is 2.73 bits per heavy atom. The summed E-state index contributed by atoms with van der Waals surface area (Å²) in [7, 11) is 0. The number of benzene rings is 1. The fourth-order valence-electron chi connectivity index (χ4n) is 3.92. The van der Waals surface area contributed by atoms with Crippen molar-refractivity contribution in [3.8, 4) is 10.6 Å². The minimum absolute atomic E-state index is 0.0372. The quantitative estimate of drug-likeness (QED) is 0.865. The third kappa shape index (κ3) is 3.79. The summed E-state index contributed by atoms with van der Waals surface area (Å²) in [6.07, 6.45) is 4.27. The molecule has 2 fully saturated rings. The summed E-state index contributed by atoms with van der Waals surface area (Å²) in [5.41, 5.74) is 2.25. The number of nitrogens with one attached hydrogen (secondary N) is 2. The van der Waals surface area contributed by atoms with Gasteiger partial charge in [0.15, 0.2) is 0 Å². The summed E-state index contributed by atoms with van der Waals surface area (Å²) >= 11 is 1.43. The number of nitrogens with zero attached hydrogens (tertiary/aromatic N) is 3. The third-order valence-corrected chi connectivity index (χ3v) is 6.22. The molecular weight excluding hydrogens is 346 g/mol. The van der Waals surface area contributed by atoms with Crippen LogP contribution in [0.4, 0.5) is 5.13 Å². The minimum Gasteiger partial charge on any atom is -0.317 e. The summed E-state index contributed by atoms with van der Waals surface area (Å²) in [5.74, 6) is 0.0626. The van der Waals surface area contributed by atoms with E-state index in [4.69, 9.17) is 0 Å². The minimum atomic E-state index is -0.0372. The van der Waals surface area contributed by atoms with Crippen molar-refractivity contribution >= 4 is 22.4 Å². The lowest BCUT2D eigenvalue weighted by Crippen LogP contribution is -2.49. The maximum Gasteiger partial charge on any atom is 0.243 e. The summed E-state index contributed by atoms with van der Waals surface area (Å²) in [4.78, 5) is 15.2. The molecule has 0 radical (unpaired) electrons. The van der Waals surface area contributed by atoms with Gasteiger partial charge in [-0.25, -0.2) is 0 Å². The standard InChI is InChI=1S/C19H25N5OS/c1-13-4-6-14(7-5-13)18-22-23-19(26-18)21-17(25)16-3-2-12-24(16)15-8-10-20-11-9-15/h4-7,15-16,20H,2-3,8-12H2,1H3,(H,21,23,25)/t16-/m0/s1. The zero-order valence-corrected chi connectivity index (χ0v) is 15.9. The number of carbonyl (C=O) groups excluding carboxylic acids is 1. The second kappa shape index (κ2) is 7.82. The van der Waals surface area contributed by atoms with E-state index in [-0.39, 0.29) is 11.9 Å². The van der Waals surface area contributed by atoms with E-state index in [2.05, 4.69) is 44.8 Å². The van der Waals surface area contributed by atoms with Crippen LogP contribution in [-0.4, -0.2) is 52.7 Å². The number of amides is 1. The predicted molar refractivity (Wildman–Crippen MR) is 104 cm³/mol. The maximum absolute atomic E-state index is 12.8.